The largest absolute Gasteiger partial charge is 0.496 e. The lowest BCUT2D eigenvalue weighted by Gasteiger charge is -2.25. The van der Waals surface area contributed by atoms with Crippen LogP contribution >= 0.6 is 0 Å². The fourth-order valence-electron chi connectivity index (χ4n) is 3.64. The van der Waals surface area contributed by atoms with Gasteiger partial charge >= 0.3 is 0 Å². The van der Waals surface area contributed by atoms with Crippen LogP contribution in [0.3, 0.4) is 0 Å². The molecule has 1 aliphatic rings. The normalized spacial score (nSPS) is 16.9. The van der Waals surface area contributed by atoms with Crippen LogP contribution in [0.15, 0.2) is 42.5 Å². The summed E-state index contributed by atoms with van der Waals surface area (Å²) in [6.45, 7) is 3.70. The van der Waals surface area contributed by atoms with Gasteiger partial charge in [-0.2, -0.15) is 0 Å². The van der Waals surface area contributed by atoms with Crippen molar-refractivity contribution in [1.29, 1.82) is 0 Å². The van der Waals surface area contributed by atoms with Gasteiger partial charge < -0.3 is 15.2 Å². The topological polar surface area (TPSA) is 58.6 Å². The van der Waals surface area contributed by atoms with Crippen molar-refractivity contribution in [3.63, 3.8) is 0 Å². The van der Waals surface area contributed by atoms with Crippen LogP contribution in [-0.4, -0.2) is 24.7 Å². The van der Waals surface area contributed by atoms with Crippen LogP contribution in [0.4, 0.5) is 4.39 Å². The van der Waals surface area contributed by atoms with Gasteiger partial charge in [0, 0.05) is 6.42 Å². The van der Waals surface area contributed by atoms with Crippen LogP contribution in [0, 0.1) is 18.7 Å². The number of benzene rings is 2. The summed E-state index contributed by atoms with van der Waals surface area (Å²) in [6, 6.07) is 11.8. The number of methoxy groups -OCH3 is 1. The number of halogens is 1. The molecule has 2 unspecified atom stereocenters. The molecule has 2 aromatic carbocycles. The van der Waals surface area contributed by atoms with E-state index >= 15 is 0 Å². The number of nitrogens with one attached hydrogen (secondary N) is 1. The standard InChI is InChI=1S/C23H28FNO3/c1-15-12-17(6-11-21(15)28-3)20(16-4-5-16)13-22(26)25-14-23(2,27)18-7-9-19(24)10-8-18/h6-12,16,20,27H,4-5,13-14H2,1-3H3,(H,25,26). The van der Waals surface area contributed by atoms with Crippen molar-refractivity contribution in [2.75, 3.05) is 13.7 Å². The molecule has 4 nitrogen and oxygen atoms in total. The molecular weight excluding hydrogens is 357 g/mol. The van der Waals surface area contributed by atoms with Gasteiger partial charge in [-0.25, -0.2) is 4.39 Å². The summed E-state index contributed by atoms with van der Waals surface area (Å²) >= 11 is 0. The van der Waals surface area contributed by atoms with E-state index in [1.165, 1.54) is 24.3 Å². The molecule has 2 atom stereocenters. The van der Waals surface area contributed by atoms with E-state index in [9.17, 15) is 14.3 Å². The van der Waals surface area contributed by atoms with Crippen LogP contribution in [0.25, 0.3) is 0 Å². The number of hydrogen-bond acceptors (Lipinski definition) is 3. The zero-order valence-corrected chi connectivity index (χ0v) is 16.7. The molecule has 2 N–H and O–H groups in total. The Bertz CT molecular complexity index is 828. The highest BCUT2D eigenvalue weighted by Crippen LogP contribution is 2.45. The van der Waals surface area contributed by atoms with E-state index in [1.54, 1.807) is 14.0 Å². The summed E-state index contributed by atoms with van der Waals surface area (Å²) in [5.74, 6) is 1.09. The summed E-state index contributed by atoms with van der Waals surface area (Å²) in [7, 11) is 1.65. The van der Waals surface area contributed by atoms with Crippen molar-refractivity contribution < 1.29 is 19.0 Å². The Morgan fingerprint density at radius 1 is 1.29 bits per heavy atom. The molecule has 0 heterocycles. The first-order valence-electron chi connectivity index (χ1n) is 9.70. The number of hydrogen-bond donors (Lipinski definition) is 2. The molecule has 0 radical (unpaired) electrons. The molecule has 0 bridgehead atoms. The number of amides is 1. The number of ether oxygens (including phenoxy) is 1. The third-order valence-electron chi connectivity index (χ3n) is 5.54. The average Bonchev–Trinajstić information content (AvgIpc) is 3.50. The molecule has 1 amide bonds. The first-order valence-corrected chi connectivity index (χ1v) is 9.70. The summed E-state index contributed by atoms with van der Waals surface area (Å²) < 4.78 is 18.4. The quantitative estimate of drug-likeness (QED) is 0.721. The predicted octanol–water partition coefficient (Wildman–Crippen LogP) is 4.05. The second-order valence-corrected chi connectivity index (χ2v) is 7.93. The second-order valence-electron chi connectivity index (χ2n) is 7.93. The number of carbonyl (C=O) groups is 1. The van der Waals surface area contributed by atoms with Gasteiger partial charge in [0.05, 0.1) is 13.7 Å². The van der Waals surface area contributed by atoms with Crippen molar-refractivity contribution in [2.45, 2.75) is 44.6 Å². The first kappa shape index (κ1) is 20.3. The Morgan fingerprint density at radius 3 is 2.54 bits per heavy atom. The average molecular weight is 385 g/mol. The highest BCUT2D eigenvalue weighted by Gasteiger charge is 2.34. The molecule has 0 aromatic heterocycles. The van der Waals surface area contributed by atoms with Gasteiger partial charge in [0.15, 0.2) is 0 Å². The van der Waals surface area contributed by atoms with Crippen molar-refractivity contribution in [3.8, 4) is 5.75 Å². The molecule has 150 valence electrons. The van der Waals surface area contributed by atoms with Crippen LogP contribution in [0.5, 0.6) is 5.75 Å². The zero-order chi connectivity index (χ0) is 20.3. The zero-order valence-electron chi connectivity index (χ0n) is 16.7. The van der Waals surface area contributed by atoms with E-state index in [0.29, 0.717) is 17.9 Å². The summed E-state index contributed by atoms with van der Waals surface area (Å²) in [5, 5.41) is 13.5. The van der Waals surface area contributed by atoms with E-state index in [1.807, 2.05) is 19.1 Å². The van der Waals surface area contributed by atoms with Gasteiger partial charge in [0.1, 0.15) is 17.2 Å². The van der Waals surface area contributed by atoms with Crippen molar-refractivity contribution in [1.82, 2.24) is 5.32 Å². The maximum atomic E-state index is 13.1. The lowest BCUT2D eigenvalue weighted by molar-refractivity contribution is -0.122. The molecule has 28 heavy (non-hydrogen) atoms. The maximum absolute atomic E-state index is 13.1. The molecule has 3 rings (SSSR count). The highest BCUT2D eigenvalue weighted by molar-refractivity contribution is 5.77. The lowest BCUT2D eigenvalue weighted by Crippen LogP contribution is -2.39. The second kappa shape index (κ2) is 8.31. The van der Waals surface area contributed by atoms with E-state index in [-0.39, 0.29) is 24.2 Å². The molecule has 0 aliphatic heterocycles. The van der Waals surface area contributed by atoms with Crippen molar-refractivity contribution in [2.24, 2.45) is 5.92 Å². The van der Waals surface area contributed by atoms with Crippen LogP contribution in [-0.2, 0) is 10.4 Å². The van der Waals surface area contributed by atoms with E-state index in [2.05, 4.69) is 11.4 Å². The minimum atomic E-state index is -1.25. The molecule has 2 aromatic rings. The molecule has 1 saturated carbocycles. The Morgan fingerprint density at radius 2 is 1.96 bits per heavy atom. The molecule has 0 saturated heterocycles. The number of carbonyl (C=O) groups excluding carboxylic acids is 1. The lowest BCUT2D eigenvalue weighted by atomic mass is 9.89. The van der Waals surface area contributed by atoms with Gasteiger partial charge in [-0.3, -0.25) is 4.79 Å². The highest BCUT2D eigenvalue weighted by atomic mass is 19.1. The maximum Gasteiger partial charge on any atom is 0.220 e. The van der Waals surface area contributed by atoms with Crippen molar-refractivity contribution in [3.05, 3.63) is 65.0 Å². The van der Waals surface area contributed by atoms with Crippen LogP contribution in [0.1, 0.15) is 48.8 Å². The fraction of sp³-hybridized carbons (Fsp3) is 0.435. The Hall–Kier alpha value is -2.40. The summed E-state index contributed by atoms with van der Waals surface area (Å²) in [6.07, 6.45) is 2.66. The predicted molar refractivity (Wildman–Crippen MR) is 107 cm³/mol. The number of aliphatic hydroxyl groups is 1. The number of rotatable bonds is 8. The third kappa shape index (κ3) is 4.90. The SMILES string of the molecule is COc1ccc(C(CC(=O)NCC(C)(O)c2ccc(F)cc2)C2CC2)cc1C. The fourth-order valence-corrected chi connectivity index (χ4v) is 3.64. The Labute approximate surface area is 165 Å². The summed E-state index contributed by atoms with van der Waals surface area (Å²) in [4.78, 5) is 12.6. The van der Waals surface area contributed by atoms with E-state index in [4.69, 9.17) is 4.74 Å². The van der Waals surface area contributed by atoms with Gasteiger partial charge in [0.2, 0.25) is 5.91 Å². The van der Waals surface area contributed by atoms with Gasteiger partial charge in [-0.05, 0) is 73.4 Å². The van der Waals surface area contributed by atoms with Gasteiger partial charge in [-0.1, -0.05) is 24.3 Å². The molecule has 0 spiro atoms. The minimum absolute atomic E-state index is 0.0799. The first-order chi connectivity index (χ1) is 13.3. The van der Waals surface area contributed by atoms with Crippen molar-refractivity contribution >= 4 is 5.91 Å². The van der Waals surface area contributed by atoms with Gasteiger partial charge in [-0.15, -0.1) is 0 Å². The van der Waals surface area contributed by atoms with Crippen LogP contribution in [0.2, 0.25) is 0 Å². The smallest absolute Gasteiger partial charge is 0.220 e. The van der Waals surface area contributed by atoms with Gasteiger partial charge in [0.25, 0.3) is 0 Å². The molecule has 5 heteroatoms. The van der Waals surface area contributed by atoms with E-state index < -0.39 is 5.60 Å². The monoisotopic (exact) mass is 385 g/mol. The third-order valence-corrected chi connectivity index (χ3v) is 5.54. The molecular formula is C23H28FNO3. The Kier molecular flexibility index (Phi) is 6.04. The molecule has 1 aliphatic carbocycles. The number of aryl methyl sites for hydroxylation is 1. The Balaban J connectivity index is 1.63. The minimum Gasteiger partial charge on any atom is -0.496 e. The van der Waals surface area contributed by atoms with E-state index in [0.717, 1.165) is 29.7 Å². The summed E-state index contributed by atoms with van der Waals surface area (Å²) in [5.41, 5.74) is 1.53. The molecule has 1 fully saturated rings. The van der Waals surface area contributed by atoms with Crippen LogP contribution < -0.4 is 10.1 Å².